The molecule has 0 N–H and O–H groups in total. The Kier molecular flexibility index (Phi) is 17.9. The molecule has 4 aliphatic rings. The van der Waals surface area contributed by atoms with Crippen molar-refractivity contribution in [3.05, 3.63) is 0 Å². The van der Waals surface area contributed by atoms with Gasteiger partial charge in [-0.25, -0.2) is 0 Å². The number of carbonyl (C=O) groups excluding carboxylic acids is 1. The highest BCUT2D eigenvalue weighted by molar-refractivity contribution is 6.43. The maximum absolute atomic E-state index is 9.11. The van der Waals surface area contributed by atoms with Crippen LogP contribution in [0, 0.1) is 29.1 Å². The highest BCUT2D eigenvalue weighted by Crippen LogP contribution is 2.65. The zero-order chi connectivity index (χ0) is 29.1. The Labute approximate surface area is 232 Å². The fourth-order valence-corrected chi connectivity index (χ4v) is 5.42. The van der Waals surface area contributed by atoms with Gasteiger partial charge in [0.1, 0.15) is 7.63 Å². The van der Waals surface area contributed by atoms with E-state index < -0.39 is 6.26 Å². The van der Waals surface area contributed by atoms with Crippen LogP contribution in [0.3, 0.4) is 0 Å². The summed E-state index contributed by atoms with van der Waals surface area (Å²) < 4.78 is 38.0. The number of rotatable bonds is 8. The van der Waals surface area contributed by atoms with Gasteiger partial charge in [0.15, 0.2) is 0 Å². The van der Waals surface area contributed by atoms with Gasteiger partial charge in [0.05, 0.1) is 11.7 Å². The van der Waals surface area contributed by atoms with E-state index in [9.17, 15) is 0 Å². The molecule has 4 rings (SSSR count). The maximum atomic E-state index is 9.11. The number of hydrogen-bond donors (Lipinski definition) is 0. The Hall–Kier alpha value is -0.375. The van der Waals surface area contributed by atoms with Crippen LogP contribution < -0.4 is 0 Å². The van der Waals surface area contributed by atoms with E-state index in [-0.39, 0.29) is 34.4 Å². The second-order valence-corrected chi connectivity index (χ2v) is 11.6. The van der Waals surface area contributed by atoms with E-state index in [4.69, 9.17) is 24.8 Å². The molecular formula is C27H59B3O7. The predicted molar refractivity (Wildman–Crippen MR) is 158 cm³/mol. The van der Waals surface area contributed by atoms with Crippen LogP contribution in [0.4, 0.5) is 0 Å². The van der Waals surface area contributed by atoms with Crippen molar-refractivity contribution in [2.45, 2.75) is 120 Å². The van der Waals surface area contributed by atoms with Gasteiger partial charge in [-0.15, -0.1) is 0 Å². The van der Waals surface area contributed by atoms with E-state index in [1.807, 2.05) is 20.5 Å². The standard InChI is InChI=1S/C11H19BO2.C10H23BO2.C3H9BO2.C2H4O.CH4/c1-10(2)7-5-8(10)11(3)9(6-7)13-12(4)14-11;1-8(2)7-10(9(3)4)13-11(5)12-6;1-4(5-2)6-3;1-2-3;/h7-9H,5-6H2,1-4H3;8-10H,7H2,1-6H3;1-3H3;2H,1H3;1H4/i;;;2T;. The molecule has 0 aromatic heterocycles. The minimum absolute atomic E-state index is 0. The molecular weight excluding hydrogens is 469 g/mol. The number of carbonyl (C=O) groups is 1. The van der Waals surface area contributed by atoms with Crippen molar-refractivity contribution in [1.82, 2.24) is 0 Å². The lowest BCUT2D eigenvalue weighted by atomic mass is 9.43. The first kappa shape index (κ1) is 36.6. The Morgan fingerprint density at radius 2 is 1.54 bits per heavy atom. The zero-order valence-corrected chi connectivity index (χ0v) is 25.7. The first-order chi connectivity index (χ1) is 17.0. The largest absolute Gasteiger partial charge is 0.454 e. The van der Waals surface area contributed by atoms with Gasteiger partial charge in [0.25, 0.3) is 0 Å². The Bertz CT molecular complexity index is 648. The summed E-state index contributed by atoms with van der Waals surface area (Å²) in [6.45, 7) is 22.8. The fraction of sp³-hybridized carbons (Fsp3) is 0.963. The van der Waals surface area contributed by atoms with E-state index in [0.717, 1.165) is 12.3 Å². The smallest absolute Gasteiger partial charge is 0.414 e. The molecule has 218 valence electrons. The van der Waals surface area contributed by atoms with Crippen molar-refractivity contribution in [3.63, 3.8) is 0 Å². The van der Waals surface area contributed by atoms with Gasteiger partial charge < -0.3 is 32.7 Å². The van der Waals surface area contributed by atoms with Crippen LogP contribution in [0.25, 0.3) is 0 Å². The third kappa shape index (κ3) is 11.7. The lowest BCUT2D eigenvalue weighted by molar-refractivity contribution is -0.199. The van der Waals surface area contributed by atoms with Crippen molar-refractivity contribution in [2.24, 2.45) is 29.1 Å². The van der Waals surface area contributed by atoms with E-state index in [1.165, 1.54) is 19.8 Å². The molecule has 2 bridgehead atoms. The third-order valence-corrected chi connectivity index (χ3v) is 7.89. The van der Waals surface area contributed by atoms with Crippen LogP contribution >= 0.6 is 0 Å². The molecule has 1 aliphatic heterocycles. The quantitative estimate of drug-likeness (QED) is 0.265. The minimum Gasteiger partial charge on any atom is -0.414 e. The first-order valence-electron chi connectivity index (χ1n) is 14.0. The summed E-state index contributed by atoms with van der Waals surface area (Å²) in [5.74, 6) is 2.79. The predicted octanol–water partition coefficient (Wildman–Crippen LogP) is 6.42. The van der Waals surface area contributed by atoms with Crippen LogP contribution in [0.15, 0.2) is 0 Å². The molecule has 1 heterocycles. The van der Waals surface area contributed by atoms with E-state index in [1.54, 1.807) is 21.3 Å². The molecule has 10 heteroatoms. The summed E-state index contributed by atoms with van der Waals surface area (Å²) in [5, 5.41) is 0. The van der Waals surface area contributed by atoms with Crippen molar-refractivity contribution < 1.29 is 34.1 Å². The van der Waals surface area contributed by atoms with E-state index in [0.29, 0.717) is 35.4 Å². The minimum atomic E-state index is -0.583. The third-order valence-electron chi connectivity index (χ3n) is 7.89. The summed E-state index contributed by atoms with van der Waals surface area (Å²) in [6.07, 6.45) is 3.73. The average Bonchev–Trinajstić information content (AvgIpc) is 3.11. The van der Waals surface area contributed by atoms with Crippen LogP contribution in [0.1, 0.15) is 83.4 Å². The zero-order valence-electron chi connectivity index (χ0n) is 26.7. The van der Waals surface area contributed by atoms with Gasteiger partial charge in [-0.1, -0.05) is 49.0 Å². The number of hydrogen-bond acceptors (Lipinski definition) is 7. The van der Waals surface area contributed by atoms with Gasteiger partial charge >= 0.3 is 21.4 Å². The van der Waals surface area contributed by atoms with E-state index >= 15 is 0 Å². The molecule has 0 radical (unpaired) electrons. The van der Waals surface area contributed by atoms with Crippen molar-refractivity contribution >= 4 is 27.6 Å². The lowest BCUT2D eigenvalue weighted by Gasteiger charge is -2.64. The average molecular weight is 530 g/mol. The van der Waals surface area contributed by atoms with Crippen LogP contribution in [-0.2, 0) is 32.7 Å². The fourth-order valence-electron chi connectivity index (χ4n) is 5.42. The molecule has 0 spiro atoms. The normalized spacial score (nSPS) is 27.4. The summed E-state index contributed by atoms with van der Waals surface area (Å²) in [7, 11) is 4.73. The van der Waals surface area contributed by atoms with Gasteiger partial charge in [-0.2, -0.15) is 0 Å². The van der Waals surface area contributed by atoms with E-state index in [2.05, 4.69) is 57.8 Å². The second-order valence-electron chi connectivity index (χ2n) is 11.6. The van der Waals surface area contributed by atoms with Gasteiger partial charge in [-0.05, 0) is 82.7 Å². The molecule has 5 unspecified atom stereocenters. The molecule has 3 saturated carbocycles. The maximum Gasteiger partial charge on any atom is 0.454 e. The van der Waals surface area contributed by atoms with Crippen molar-refractivity contribution in [2.75, 3.05) is 21.3 Å². The highest BCUT2D eigenvalue weighted by Gasteiger charge is 2.67. The van der Waals surface area contributed by atoms with Gasteiger partial charge in [0, 0.05) is 27.4 Å². The summed E-state index contributed by atoms with van der Waals surface area (Å²) in [6, 6.07) is 0. The summed E-state index contributed by atoms with van der Waals surface area (Å²) >= 11 is 0. The van der Waals surface area contributed by atoms with Gasteiger partial charge in [0.2, 0.25) is 0 Å². The highest BCUT2D eigenvalue weighted by atomic mass is 16.7. The molecule has 1 saturated heterocycles. The second kappa shape index (κ2) is 18.1. The first-order valence-corrected chi connectivity index (χ1v) is 13.5. The SMILES string of the molecule is C.CB1OC2CC3CC(C3(C)C)C2(C)O1.COB(C)OC.COB(C)OC(CC(C)C)C(C)C.[3H]C(C)=O. The molecule has 7 nitrogen and oxygen atoms in total. The molecule has 0 aromatic carbocycles. The Morgan fingerprint density at radius 3 is 1.89 bits per heavy atom. The van der Waals surface area contributed by atoms with Crippen LogP contribution in [-0.4, -0.2) is 66.8 Å². The number of aldehydes is 1. The topological polar surface area (TPSA) is 72.5 Å². The molecule has 3 aliphatic carbocycles. The van der Waals surface area contributed by atoms with Crippen molar-refractivity contribution in [1.29, 1.82) is 0 Å². The molecule has 5 atom stereocenters. The molecule has 0 aromatic rings. The lowest BCUT2D eigenvalue weighted by Crippen LogP contribution is -2.65. The van der Waals surface area contributed by atoms with Gasteiger partial charge in [-0.3, -0.25) is 0 Å². The van der Waals surface area contributed by atoms with Crippen molar-refractivity contribution in [3.8, 4) is 0 Å². The summed E-state index contributed by atoms with van der Waals surface area (Å²) in [5.41, 5.74) is 0.469. The Balaban J connectivity index is 0. The molecule has 0 amide bonds. The van der Waals surface area contributed by atoms with Crippen LogP contribution in [0.2, 0.25) is 20.5 Å². The van der Waals surface area contributed by atoms with Crippen LogP contribution in [0.5, 0.6) is 0 Å². The molecule has 4 fully saturated rings. The summed E-state index contributed by atoms with van der Waals surface area (Å²) in [4.78, 5) is 9.11. The Morgan fingerprint density at radius 1 is 1.05 bits per heavy atom. The monoisotopic (exact) mass is 530 g/mol. The molecule has 37 heavy (non-hydrogen) atoms.